The van der Waals surface area contributed by atoms with Gasteiger partial charge in [-0.05, 0) is 25.4 Å². The lowest BCUT2D eigenvalue weighted by Gasteiger charge is -2.18. The van der Waals surface area contributed by atoms with E-state index in [9.17, 15) is 0 Å². The molecule has 7 heteroatoms. The molecule has 0 radical (unpaired) electrons. The SMILES string of the molecule is COc1cc2nc(Cl)nc(Cl)c2c(OC(C)C)c1OC. The molecular formula is C13H14Cl2N2O3. The van der Waals surface area contributed by atoms with Crippen LogP contribution in [0.5, 0.6) is 17.2 Å². The average Bonchev–Trinajstić information content (AvgIpc) is 2.36. The van der Waals surface area contributed by atoms with Crippen molar-refractivity contribution < 1.29 is 14.2 Å². The molecule has 0 N–H and O–H groups in total. The molecular weight excluding hydrogens is 303 g/mol. The van der Waals surface area contributed by atoms with Crippen LogP contribution < -0.4 is 14.2 Å². The zero-order valence-corrected chi connectivity index (χ0v) is 13.0. The molecule has 2 aromatic rings. The van der Waals surface area contributed by atoms with Gasteiger partial charge in [0, 0.05) is 6.07 Å². The number of fused-ring (bicyclic) bond motifs is 1. The minimum absolute atomic E-state index is 0.0604. The quantitative estimate of drug-likeness (QED) is 0.635. The molecule has 0 saturated heterocycles. The maximum atomic E-state index is 6.16. The van der Waals surface area contributed by atoms with E-state index in [0.717, 1.165) is 0 Å². The first kappa shape index (κ1) is 14.9. The molecule has 1 heterocycles. The zero-order chi connectivity index (χ0) is 14.9. The number of hydrogen-bond acceptors (Lipinski definition) is 5. The van der Waals surface area contributed by atoms with E-state index in [-0.39, 0.29) is 16.5 Å². The van der Waals surface area contributed by atoms with E-state index < -0.39 is 0 Å². The first-order valence-corrected chi connectivity index (χ1v) is 6.67. The molecule has 1 aromatic heterocycles. The van der Waals surface area contributed by atoms with Crippen molar-refractivity contribution in [1.29, 1.82) is 0 Å². The lowest BCUT2D eigenvalue weighted by Crippen LogP contribution is -2.08. The van der Waals surface area contributed by atoms with Crippen LogP contribution in [0.1, 0.15) is 13.8 Å². The number of rotatable bonds is 4. The van der Waals surface area contributed by atoms with Crippen molar-refractivity contribution in [3.63, 3.8) is 0 Å². The number of halogens is 2. The Bertz CT molecular complexity index is 647. The Morgan fingerprint density at radius 3 is 2.30 bits per heavy atom. The van der Waals surface area contributed by atoms with Crippen molar-refractivity contribution in [1.82, 2.24) is 9.97 Å². The molecule has 108 valence electrons. The molecule has 0 saturated carbocycles. The van der Waals surface area contributed by atoms with Crippen LogP contribution in [0.15, 0.2) is 6.07 Å². The molecule has 0 aliphatic heterocycles. The molecule has 0 bridgehead atoms. The topological polar surface area (TPSA) is 53.5 Å². The number of nitrogens with zero attached hydrogens (tertiary/aromatic N) is 2. The van der Waals surface area contributed by atoms with Crippen LogP contribution >= 0.6 is 23.2 Å². The summed E-state index contributed by atoms with van der Waals surface area (Å²) < 4.78 is 16.5. The fourth-order valence-corrected chi connectivity index (χ4v) is 2.33. The molecule has 0 amide bonds. The summed E-state index contributed by atoms with van der Waals surface area (Å²) in [5.74, 6) is 1.38. The summed E-state index contributed by atoms with van der Waals surface area (Å²) in [5, 5.41) is 0.809. The standard InChI is InChI=1S/C13H14Cl2N2O3/c1-6(2)20-11-9-7(16-13(15)17-12(9)14)5-8(18-3)10(11)19-4/h5-6H,1-4H3. The Morgan fingerprint density at radius 2 is 1.75 bits per heavy atom. The predicted molar refractivity (Wildman–Crippen MR) is 78.4 cm³/mol. The van der Waals surface area contributed by atoms with Crippen LogP contribution in [0.3, 0.4) is 0 Å². The van der Waals surface area contributed by atoms with Gasteiger partial charge in [0.2, 0.25) is 11.0 Å². The van der Waals surface area contributed by atoms with E-state index in [1.807, 2.05) is 13.8 Å². The fourth-order valence-electron chi connectivity index (χ4n) is 1.85. The molecule has 0 spiro atoms. The lowest BCUT2D eigenvalue weighted by molar-refractivity contribution is 0.230. The highest BCUT2D eigenvalue weighted by molar-refractivity contribution is 6.36. The third-order valence-corrected chi connectivity index (χ3v) is 3.01. The summed E-state index contributed by atoms with van der Waals surface area (Å²) in [5.41, 5.74) is 0.531. The Labute approximate surface area is 126 Å². The third-order valence-electron chi connectivity index (χ3n) is 2.57. The van der Waals surface area contributed by atoms with Gasteiger partial charge in [0.1, 0.15) is 5.15 Å². The smallest absolute Gasteiger partial charge is 0.224 e. The molecule has 1 aromatic carbocycles. The third kappa shape index (κ3) is 2.69. The van der Waals surface area contributed by atoms with Gasteiger partial charge < -0.3 is 14.2 Å². The second kappa shape index (κ2) is 5.89. The van der Waals surface area contributed by atoms with Gasteiger partial charge in [-0.3, -0.25) is 0 Å². The number of aromatic nitrogens is 2. The van der Waals surface area contributed by atoms with E-state index in [1.54, 1.807) is 6.07 Å². The Balaban J connectivity index is 2.86. The maximum Gasteiger partial charge on any atom is 0.224 e. The second-order valence-electron chi connectivity index (χ2n) is 4.29. The lowest BCUT2D eigenvalue weighted by atomic mass is 10.2. The molecule has 0 unspecified atom stereocenters. The van der Waals surface area contributed by atoms with Crippen molar-refractivity contribution in [3.8, 4) is 17.2 Å². The highest BCUT2D eigenvalue weighted by Crippen LogP contribution is 2.45. The molecule has 20 heavy (non-hydrogen) atoms. The van der Waals surface area contributed by atoms with Gasteiger partial charge in [-0.2, -0.15) is 0 Å². The zero-order valence-electron chi connectivity index (χ0n) is 11.5. The molecule has 0 aliphatic carbocycles. The summed E-state index contributed by atoms with van der Waals surface area (Å²) in [7, 11) is 3.06. The van der Waals surface area contributed by atoms with Gasteiger partial charge >= 0.3 is 0 Å². The number of hydrogen-bond donors (Lipinski definition) is 0. The van der Waals surface area contributed by atoms with Crippen LogP contribution in [0, 0.1) is 0 Å². The predicted octanol–water partition coefficient (Wildman–Crippen LogP) is 3.74. The normalized spacial score (nSPS) is 10.9. The van der Waals surface area contributed by atoms with Gasteiger partial charge in [-0.1, -0.05) is 11.6 Å². The van der Waals surface area contributed by atoms with Crippen LogP contribution in [-0.4, -0.2) is 30.3 Å². The van der Waals surface area contributed by atoms with Crippen molar-refractivity contribution in [2.75, 3.05) is 14.2 Å². The van der Waals surface area contributed by atoms with Gasteiger partial charge in [0.15, 0.2) is 11.5 Å². The van der Waals surface area contributed by atoms with E-state index >= 15 is 0 Å². The van der Waals surface area contributed by atoms with Crippen LogP contribution in [0.4, 0.5) is 0 Å². The summed E-state index contributed by atoms with van der Waals surface area (Å²) in [6.45, 7) is 3.80. The molecule has 0 aliphatic rings. The second-order valence-corrected chi connectivity index (χ2v) is 4.98. The van der Waals surface area contributed by atoms with E-state index in [4.69, 9.17) is 37.4 Å². The Hall–Kier alpha value is -1.46. The van der Waals surface area contributed by atoms with Crippen LogP contribution in [-0.2, 0) is 0 Å². The van der Waals surface area contributed by atoms with Gasteiger partial charge in [0.25, 0.3) is 0 Å². The largest absolute Gasteiger partial charge is 0.493 e. The minimum Gasteiger partial charge on any atom is -0.493 e. The van der Waals surface area contributed by atoms with Crippen LogP contribution in [0.2, 0.25) is 10.4 Å². The first-order chi connectivity index (χ1) is 9.47. The van der Waals surface area contributed by atoms with Gasteiger partial charge in [0.05, 0.1) is 31.2 Å². The van der Waals surface area contributed by atoms with Crippen molar-refractivity contribution in [2.45, 2.75) is 20.0 Å². The summed E-state index contributed by atoms with van der Waals surface area (Å²) in [4.78, 5) is 8.09. The summed E-state index contributed by atoms with van der Waals surface area (Å²) in [6, 6.07) is 1.68. The minimum atomic E-state index is -0.0778. The molecule has 2 rings (SSSR count). The average molecular weight is 317 g/mol. The highest BCUT2D eigenvalue weighted by atomic mass is 35.5. The monoisotopic (exact) mass is 316 g/mol. The summed E-state index contributed by atoms with van der Waals surface area (Å²) in [6.07, 6.45) is -0.0778. The summed E-state index contributed by atoms with van der Waals surface area (Å²) >= 11 is 12.0. The number of ether oxygens (including phenoxy) is 3. The maximum absolute atomic E-state index is 6.16. The molecule has 5 nitrogen and oxygen atoms in total. The van der Waals surface area contributed by atoms with Gasteiger partial charge in [-0.25, -0.2) is 9.97 Å². The fraction of sp³-hybridized carbons (Fsp3) is 0.385. The van der Waals surface area contributed by atoms with E-state index in [0.29, 0.717) is 28.2 Å². The number of methoxy groups -OCH3 is 2. The highest BCUT2D eigenvalue weighted by Gasteiger charge is 2.21. The molecule has 0 fully saturated rings. The Morgan fingerprint density at radius 1 is 1.05 bits per heavy atom. The van der Waals surface area contributed by atoms with Crippen LogP contribution in [0.25, 0.3) is 10.9 Å². The first-order valence-electron chi connectivity index (χ1n) is 5.92. The van der Waals surface area contributed by atoms with Gasteiger partial charge in [-0.15, -0.1) is 0 Å². The van der Waals surface area contributed by atoms with Crippen molar-refractivity contribution in [3.05, 3.63) is 16.5 Å². The van der Waals surface area contributed by atoms with Crippen molar-refractivity contribution in [2.24, 2.45) is 0 Å². The van der Waals surface area contributed by atoms with E-state index in [2.05, 4.69) is 9.97 Å². The molecule has 0 atom stereocenters. The Kier molecular flexibility index (Phi) is 4.40. The van der Waals surface area contributed by atoms with Crippen molar-refractivity contribution >= 4 is 34.1 Å². The van der Waals surface area contributed by atoms with E-state index in [1.165, 1.54) is 14.2 Å². The number of benzene rings is 1.